The van der Waals surface area contributed by atoms with Crippen LogP contribution in [0.4, 0.5) is 5.69 Å². The van der Waals surface area contributed by atoms with Crippen molar-refractivity contribution in [3.63, 3.8) is 0 Å². The van der Waals surface area contributed by atoms with Gasteiger partial charge in [0, 0.05) is 18.2 Å². The van der Waals surface area contributed by atoms with Crippen LogP contribution in [0.1, 0.15) is 25.5 Å². The SMILES string of the molecule is C#CC(C)NC(C)c1ccc([N+](=O)[O-])cc1. The van der Waals surface area contributed by atoms with Crippen LogP contribution in [-0.2, 0) is 0 Å². The van der Waals surface area contributed by atoms with Crippen molar-refractivity contribution in [2.24, 2.45) is 0 Å². The lowest BCUT2D eigenvalue weighted by atomic mass is 10.1. The van der Waals surface area contributed by atoms with Crippen LogP contribution < -0.4 is 5.32 Å². The molecule has 0 saturated carbocycles. The fourth-order valence-corrected chi connectivity index (χ4v) is 1.40. The lowest BCUT2D eigenvalue weighted by Gasteiger charge is -2.16. The zero-order chi connectivity index (χ0) is 12.1. The monoisotopic (exact) mass is 218 g/mol. The molecular formula is C12H14N2O2. The average Bonchev–Trinajstić information content (AvgIpc) is 2.28. The molecule has 2 atom stereocenters. The molecule has 0 aliphatic carbocycles. The van der Waals surface area contributed by atoms with E-state index in [2.05, 4.69) is 11.2 Å². The normalized spacial score (nSPS) is 13.8. The minimum absolute atomic E-state index is 0.0230. The van der Waals surface area contributed by atoms with Gasteiger partial charge in [-0.2, -0.15) is 0 Å². The number of terminal acetylenes is 1. The summed E-state index contributed by atoms with van der Waals surface area (Å²) in [6.45, 7) is 3.86. The van der Waals surface area contributed by atoms with Crippen molar-refractivity contribution in [3.8, 4) is 12.3 Å². The maximum atomic E-state index is 10.5. The Morgan fingerprint density at radius 3 is 2.38 bits per heavy atom. The first-order valence-electron chi connectivity index (χ1n) is 5.01. The lowest BCUT2D eigenvalue weighted by Crippen LogP contribution is -2.27. The Balaban J connectivity index is 2.74. The molecule has 0 aromatic heterocycles. The Hall–Kier alpha value is -1.86. The van der Waals surface area contributed by atoms with Gasteiger partial charge in [-0.3, -0.25) is 15.4 Å². The molecule has 0 saturated heterocycles. The predicted octanol–water partition coefficient (Wildman–Crippen LogP) is 2.27. The molecule has 2 unspecified atom stereocenters. The fraction of sp³-hybridized carbons (Fsp3) is 0.333. The summed E-state index contributed by atoms with van der Waals surface area (Å²) in [5.74, 6) is 2.58. The molecule has 0 spiro atoms. The van der Waals surface area contributed by atoms with E-state index in [1.807, 2.05) is 13.8 Å². The van der Waals surface area contributed by atoms with Crippen molar-refractivity contribution < 1.29 is 4.92 Å². The Morgan fingerprint density at radius 2 is 1.94 bits per heavy atom. The molecule has 0 heterocycles. The van der Waals surface area contributed by atoms with E-state index in [-0.39, 0.29) is 17.8 Å². The number of nitro groups is 1. The van der Waals surface area contributed by atoms with Crippen LogP contribution in [-0.4, -0.2) is 11.0 Å². The van der Waals surface area contributed by atoms with Gasteiger partial charge in [-0.05, 0) is 19.4 Å². The number of hydrogen-bond acceptors (Lipinski definition) is 3. The quantitative estimate of drug-likeness (QED) is 0.479. The number of nitrogens with one attached hydrogen (secondary N) is 1. The summed E-state index contributed by atoms with van der Waals surface area (Å²) < 4.78 is 0. The average molecular weight is 218 g/mol. The summed E-state index contributed by atoms with van der Waals surface area (Å²) in [6.07, 6.45) is 5.26. The van der Waals surface area contributed by atoms with Gasteiger partial charge in [0.2, 0.25) is 0 Å². The van der Waals surface area contributed by atoms with Crippen LogP contribution in [0.5, 0.6) is 0 Å². The highest BCUT2D eigenvalue weighted by atomic mass is 16.6. The van der Waals surface area contributed by atoms with Crippen molar-refractivity contribution in [1.29, 1.82) is 0 Å². The van der Waals surface area contributed by atoms with Crippen LogP contribution in [0.3, 0.4) is 0 Å². The van der Waals surface area contributed by atoms with E-state index in [0.29, 0.717) is 0 Å². The lowest BCUT2D eigenvalue weighted by molar-refractivity contribution is -0.384. The third kappa shape index (κ3) is 3.07. The molecule has 0 bridgehead atoms. The van der Waals surface area contributed by atoms with Gasteiger partial charge >= 0.3 is 0 Å². The topological polar surface area (TPSA) is 55.2 Å². The number of rotatable bonds is 4. The number of nitro benzene ring substituents is 1. The second kappa shape index (κ2) is 5.29. The summed E-state index contributed by atoms with van der Waals surface area (Å²) in [7, 11) is 0. The molecule has 0 radical (unpaired) electrons. The number of non-ortho nitro benzene ring substituents is 1. The van der Waals surface area contributed by atoms with Crippen molar-refractivity contribution in [1.82, 2.24) is 5.32 Å². The van der Waals surface area contributed by atoms with Crippen molar-refractivity contribution in [2.75, 3.05) is 0 Å². The number of benzene rings is 1. The van der Waals surface area contributed by atoms with Crippen LogP contribution in [0.25, 0.3) is 0 Å². The molecule has 1 aromatic carbocycles. The van der Waals surface area contributed by atoms with Gasteiger partial charge in [0.05, 0.1) is 11.0 Å². The molecule has 84 valence electrons. The van der Waals surface area contributed by atoms with Gasteiger partial charge in [-0.15, -0.1) is 6.42 Å². The second-order valence-corrected chi connectivity index (χ2v) is 3.63. The summed E-state index contributed by atoms with van der Waals surface area (Å²) >= 11 is 0. The van der Waals surface area contributed by atoms with Crippen LogP contribution >= 0.6 is 0 Å². The summed E-state index contributed by atoms with van der Waals surface area (Å²) in [5.41, 5.74) is 1.08. The zero-order valence-corrected chi connectivity index (χ0v) is 9.31. The van der Waals surface area contributed by atoms with E-state index in [4.69, 9.17) is 6.42 Å². The summed E-state index contributed by atoms with van der Waals surface area (Å²) in [5, 5.41) is 13.7. The standard InChI is InChI=1S/C12H14N2O2/c1-4-9(2)13-10(3)11-5-7-12(8-6-11)14(15)16/h1,5-10,13H,2-3H3. The predicted molar refractivity (Wildman–Crippen MR) is 62.9 cm³/mol. The van der Waals surface area contributed by atoms with Crippen LogP contribution in [0.2, 0.25) is 0 Å². The molecule has 1 aromatic rings. The molecule has 4 heteroatoms. The molecule has 1 N–H and O–H groups in total. The molecule has 0 amide bonds. The maximum absolute atomic E-state index is 10.5. The van der Waals surface area contributed by atoms with Crippen molar-refractivity contribution >= 4 is 5.69 Å². The van der Waals surface area contributed by atoms with E-state index in [0.717, 1.165) is 5.56 Å². The van der Waals surface area contributed by atoms with Crippen LogP contribution in [0.15, 0.2) is 24.3 Å². The molecule has 0 fully saturated rings. The second-order valence-electron chi connectivity index (χ2n) is 3.63. The zero-order valence-electron chi connectivity index (χ0n) is 9.31. The molecular weight excluding hydrogens is 204 g/mol. The largest absolute Gasteiger partial charge is 0.297 e. The molecule has 1 rings (SSSR count). The smallest absolute Gasteiger partial charge is 0.269 e. The highest BCUT2D eigenvalue weighted by molar-refractivity contribution is 5.34. The van der Waals surface area contributed by atoms with Crippen molar-refractivity contribution in [3.05, 3.63) is 39.9 Å². The maximum Gasteiger partial charge on any atom is 0.269 e. The first-order chi connectivity index (χ1) is 7.54. The van der Waals surface area contributed by atoms with Gasteiger partial charge in [0.25, 0.3) is 5.69 Å². The van der Waals surface area contributed by atoms with Crippen LogP contribution in [0, 0.1) is 22.5 Å². The van der Waals surface area contributed by atoms with Gasteiger partial charge in [-0.25, -0.2) is 0 Å². The highest BCUT2D eigenvalue weighted by Gasteiger charge is 2.09. The van der Waals surface area contributed by atoms with E-state index >= 15 is 0 Å². The van der Waals surface area contributed by atoms with Gasteiger partial charge in [0.15, 0.2) is 0 Å². The molecule has 0 aliphatic rings. The van der Waals surface area contributed by atoms with E-state index < -0.39 is 4.92 Å². The Bertz CT molecular complexity index is 406. The Kier molecular flexibility index (Phi) is 4.03. The number of hydrogen-bond donors (Lipinski definition) is 1. The van der Waals surface area contributed by atoms with E-state index in [9.17, 15) is 10.1 Å². The summed E-state index contributed by atoms with van der Waals surface area (Å²) in [4.78, 5) is 10.1. The number of nitrogens with zero attached hydrogens (tertiary/aromatic N) is 1. The Labute approximate surface area is 94.8 Å². The first kappa shape index (κ1) is 12.2. The van der Waals surface area contributed by atoms with Gasteiger partial charge in [0.1, 0.15) is 0 Å². The van der Waals surface area contributed by atoms with E-state index in [1.165, 1.54) is 12.1 Å². The third-order valence-corrected chi connectivity index (χ3v) is 2.35. The Morgan fingerprint density at radius 1 is 1.38 bits per heavy atom. The molecule has 0 aliphatic heterocycles. The fourth-order valence-electron chi connectivity index (χ4n) is 1.40. The van der Waals surface area contributed by atoms with Crippen molar-refractivity contribution in [2.45, 2.75) is 25.9 Å². The van der Waals surface area contributed by atoms with Gasteiger partial charge in [-0.1, -0.05) is 18.1 Å². The minimum Gasteiger partial charge on any atom is -0.297 e. The minimum atomic E-state index is -0.411. The summed E-state index contributed by atoms with van der Waals surface area (Å²) in [6, 6.07) is 6.51. The molecule has 16 heavy (non-hydrogen) atoms. The first-order valence-corrected chi connectivity index (χ1v) is 5.01. The van der Waals surface area contributed by atoms with E-state index in [1.54, 1.807) is 12.1 Å². The highest BCUT2D eigenvalue weighted by Crippen LogP contribution is 2.17. The molecule has 4 nitrogen and oxygen atoms in total. The third-order valence-electron chi connectivity index (χ3n) is 2.35. The van der Waals surface area contributed by atoms with Gasteiger partial charge < -0.3 is 0 Å².